The molecule has 18 heavy (non-hydrogen) atoms. The fourth-order valence-corrected chi connectivity index (χ4v) is 3.45. The molecule has 1 rings (SSSR count). The lowest BCUT2D eigenvalue weighted by Gasteiger charge is -2.39. The molecule has 0 spiro atoms. The fourth-order valence-electron chi connectivity index (χ4n) is 3.45. The molecule has 0 aliphatic heterocycles. The summed E-state index contributed by atoms with van der Waals surface area (Å²) >= 11 is 0. The molecule has 2 nitrogen and oxygen atoms in total. The van der Waals surface area contributed by atoms with E-state index in [1.54, 1.807) is 0 Å². The van der Waals surface area contributed by atoms with Gasteiger partial charge in [-0.2, -0.15) is 0 Å². The van der Waals surface area contributed by atoms with Crippen molar-refractivity contribution in [2.75, 3.05) is 20.3 Å². The van der Waals surface area contributed by atoms with Crippen molar-refractivity contribution in [2.45, 2.75) is 59.4 Å². The van der Waals surface area contributed by atoms with Gasteiger partial charge in [-0.3, -0.25) is 0 Å². The molecule has 1 aliphatic rings. The largest absolute Gasteiger partial charge is 0.384 e. The summed E-state index contributed by atoms with van der Waals surface area (Å²) in [5, 5.41) is 3.63. The molecular formula is C16H33NO. The topological polar surface area (TPSA) is 21.3 Å². The van der Waals surface area contributed by atoms with Crippen LogP contribution in [0.2, 0.25) is 0 Å². The minimum atomic E-state index is 0.604. The van der Waals surface area contributed by atoms with Crippen molar-refractivity contribution >= 4 is 0 Å². The molecule has 0 amide bonds. The van der Waals surface area contributed by atoms with Crippen molar-refractivity contribution in [1.82, 2.24) is 5.32 Å². The zero-order valence-corrected chi connectivity index (χ0v) is 13.0. The van der Waals surface area contributed by atoms with Gasteiger partial charge >= 0.3 is 0 Å². The van der Waals surface area contributed by atoms with E-state index in [0.29, 0.717) is 12.0 Å². The quantitative estimate of drug-likeness (QED) is 0.749. The molecule has 0 aromatic heterocycles. The van der Waals surface area contributed by atoms with E-state index in [4.69, 9.17) is 4.74 Å². The predicted octanol–water partition coefficient (Wildman–Crippen LogP) is 3.71. The molecule has 0 heterocycles. The number of rotatable bonds is 7. The second-order valence-corrected chi connectivity index (χ2v) is 6.51. The first kappa shape index (κ1) is 16.0. The van der Waals surface area contributed by atoms with Gasteiger partial charge in [0.1, 0.15) is 0 Å². The smallest absolute Gasteiger partial charge is 0.0490 e. The van der Waals surface area contributed by atoms with Crippen LogP contribution in [0.5, 0.6) is 0 Å². The molecule has 0 radical (unpaired) electrons. The second-order valence-electron chi connectivity index (χ2n) is 6.51. The molecule has 0 aromatic carbocycles. The highest BCUT2D eigenvalue weighted by Crippen LogP contribution is 2.39. The maximum absolute atomic E-state index is 5.38. The number of ether oxygens (including phenoxy) is 1. The van der Waals surface area contributed by atoms with Gasteiger partial charge in [0.05, 0.1) is 0 Å². The normalized spacial score (nSPS) is 30.7. The van der Waals surface area contributed by atoms with E-state index in [1.807, 2.05) is 7.11 Å². The van der Waals surface area contributed by atoms with E-state index in [2.05, 4.69) is 33.0 Å². The molecule has 4 unspecified atom stereocenters. The molecule has 108 valence electrons. The molecule has 4 atom stereocenters. The number of nitrogens with one attached hydrogen (secondary N) is 1. The summed E-state index contributed by atoms with van der Waals surface area (Å²) in [4.78, 5) is 0. The third-order valence-electron chi connectivity index (χ3n) is 4.68. The summed E-state index contributed by atoms with van der Waals surface area (Å²) in [5.41, 5.74) is 0. The highest BCUT2D eigenvalue weighted by Gasteiger charge is 2.33. The molecule has 2 heteroatoms. The van der Waals surface area contributed by atoms with Crippen LogP contribution in [-0.4, -0.2) is 26.3 Å². The summed E-state index contributed by atoms with van der Waals surface area (Å²) < 4.78 is 5.38. The van der Waals surface area contributed by atoms with Gasteiger partial charge in [0.2, 0.25) is 0 Å². The Labute approximate surface area is 114 Å². The lowest BCUT2D eigenvalue weighted by Crippen LogP contribution is -2.39. The lowest BCUT2D eigenvalue weighted by molar-refractivity contribution is 0.0641. The van der Waals surface area contributed by atoms with Gasteiger partial charge in [-0.15, -0.1) is 0 Å². The van der Waals surface area contributed by atoms with Crippen molar-refractivity contribution in [3.8, 4) is 0 Å². The van der Waals surface area contributed by atoms with Crippen molar-refractivity contribution in [1.29, 1.82) is 0 Å². The van der Waals surface area contributed by atoms with Gasteiger partial charge in [0.15, 0.2) is 0 Å². The van der Waals surface area contributed by atoms with Gasteiger partial charge < -0.3 is 10.1 Å². The van der Waals surface area contributed by atoms with Crippen LogP contribution in [0.1, 0.15) is 53.4 Å². The van der Waals surface area contributed by atoms with E-state index < -0.39 is 0 Å². The minimum Gasteiger partial charge on any atom is -0.384 e. The van der Waals surface area contributed by atoms with Gasteiger partial charge in [-0.1, -0.05) is 40.5 Å². The fraction of sp³-hybridized carbons (Fsp3) is 1.00. The van der Waals surface area contributed by atoms with Crippen LogP contribution in [-0.2, 0) is 4.74 Å². The van der Waals surface area contributed by atoms with Crippen LogP contribution in [0.4, 0.5) is 0 Å². The average Bonchev–Trinajstić information content (AvgIpc) is 2.36. The Balaban J connectivity index is 2.55. The van der Waals surface area contributed by atoms with Crippen LogP contribution < -0.4 is 5.32 Å². The Hall–Kier alpha value is -0.0800. The third kappa shape index (κ3) is 4.89. The molecule has 1 fully saturated rings. The van der Waals surface area contributed by atoms with Crippen LogP contribution >= 0.6 is 0 Å². The van der Waals surface area contributed by atoms with E-state index in [9.17, 15) is 0 Å². The summed E-state index contributed by atoms with van der Waals surface area (Å²) in [7, 11) is 1.83. The van der Waals surface area contributed by atoms with Crippen LogP contribution in [0.25, 0.3) is 0 Å². The molecular weight excluding hydrogens is 222 g/mol. The minimum absolute atomic E-state index is 0.604. The molecule has 0 bridgehead atoms. The van der Waals surface area contributed by atoms with E-state index in [1.165, 1.54) is 32.2 Å². The predicted molar refractivity (Wildman–Crippen MR) is 78.8 cm³/mol. The zero-order valence-electron chi connectivity index (χ0n) is 13.0. The lowest BCUT2D eigenvalue weighted by atomic mass is 9.68. The van der Waals surface area contributed by atoms with Gasteiger partial charge in [0.25, 0.3) is 0 Å². The monoisotopic (exact) mass is 255 g/mol. The van der Waals surface area contributed by atoms with E-state index in [-0.39, 0.29) is 0 Å². The summed E-state index contributed by atoms with van der Waals surface area (Å²) in [6.07, 6.45) is 5.58. The van der Waals surface area contributed by atoms with Crippen molar-refractivity contribution in [3.05, 3.63) is 0 Å². The first-order chi connectivity index (χ1) is 8.58. The highest BCUT2D eigenvalue weighted by atomic mass is 16.5. The van der Waals surface area contributed by atoms with Crippen LogP contribution in [0.3, 0.4) is 0 Å². The van der Waals surface area contributed by atoms with Gasteiger partial charge in [-0.25, -0.2) is 0 Å². The molecule has 1 saturated carbocycles. The Morgan fingerprint density at radius 3 is 2.50 bits per heavy atom. The second kappa shape index (κ2) is 8.16. The van der Waals surface area contributed by atoms with Crippen molar-refractivity contribution < 1.29 is 4.74 Å². The third-order valence-corrected chi connectivity index (χ3v) is 4.68. The van der Waals surface area contributed by atoms with E-state index in [0.717, 1.165) is 24.4 Å². The Kier molecular flexibility index (Phi) is 7.25. The summed E-state index contributed by atoms with van der Waals surface area (Å²) in [5.74, 6) is 3.34. The van der Waals surface area contributed by atoms with Crippen LogP contribution in [0, 0.1) is 23.7 Å². The van der Waals surface area contributed by atoms with Gasteiger partial charge in [-0.05, 0) is 43.1 Å². The molecule has 0 saturated heterocycles. The first-order valence-electron chi connectivity index (χ1n) is 7.80. The number of hydrogen-bond acceptors (Lipinski definition) is 2. The van der Waals surface area contributed by atoms with E-state index >= 15 is 0 Å². The van der Waals surface area contributed by atoms with Crippen LogP contribution in [0.15, 0.2) is 0 Å². The van der Waals surface area contributed by atoms with Crippen molar-refractivity contribution in [2.24, 2.45) is 23.7 Å². The first-order valence-corrected chi connectivity index (χ1v) is 7.80. The standard InChI is InChI=1S/C16H33NO/c1-6-14-7-8-15(10-17-12(2)3)16(9-14)13(4)11-18-5/h12-17H,6-11H2,1-5H3. The zero-order chi connectivity index (χ0) is 13.5. The van der Waals surface area contributed by atoms with Gasteiger partial charge in [0, 0.05) is 19.8 Å². The van der Waals surface area contributed by atoms with Crippen molar-refractivity contribution in [3.63, 3.8) is 0 Å². The maximum Gasteiger partial charge on any atom is 0.0490 e. The summed E-state index contributed by atoms with van der Waals surface area (Å²) in [6.45, 7) is 11.3. The molecule has 1 aliphatic carbocycles. The SMILES string of the molecule is CCC1CCC(CNC(C)C)C(C(C)COC)C1. The molecule has 0 aromatic rings. The number of hydrogen-bond donors (Lipinski definition) is 1. The Bertz CT molecular complexity index is 217. The summed E-state index contributed by atoms with van der Waals surface area (Å²) in [6, 6.07) is 0.604. The Morgan fingerprint density at radius 2 is 1.94 bits per heavy atom. The Morgan fingerprint density at radius 1 is 1.22 bits per heavy atom. The highest BCUT2D eigenvalue weighted by molar-refractivity contribution is 4.84. The number of methoxy groups -OCH3 is 1. The average molecular weight is 255 g/mol. The molecule has 1 N–H and O–H groups in total. The maximum atomic E-state index is 5.38.